The molecule has 2 unspecified atom stereocenters. The van der Waals surface area contributed by atoms with Crippen molar-refractivity contribution in [3.8, 4) is 0 Å². The lowest BCUT2D eigenvalue weighted by Crippen LogP contribution is -2.50. The molecule has 0 saturated carbocycles. The number of nitrogens with zero attached hydrogens (tertiary/aromatic N) is 3. The Morgan fingerprint density at radius 3 is 2.77 bits per heavy atom. The first-order valence-electron chi connectivity index (χ1n) is 10.0. The molecule has 1 aromatic heterocycles. The molecule has 1 aliphatic rings. The topological polar surface area (TPSA) is 65.7 Å². The number of hydrogen-bond donors (Lipinski definition) is 2. The molecule has 6 nitrogen and oxygen atoms in total. The molecular formula is C20H37N5O. The van der Waals surface area contributed by atoms with Crippen molar-refractivity contribution in [2.75, 3.05) is 19.6 Å². The van der Waals surface area contributed by atoms with Crippen LogP contribution in [0.2, 0.25) is 0 Å². The van der Waals surface area contributed by atoms with Crippen molar-refractivity contribution in [1.82, 2.24) is 20.5 Å². The minimum absolute atomic E-state index is 0.0295. The zero-order valence-corrected chi connectivity index (χ0v) is 17.4. The zero-order chi connectivity index (χ0) is 19.2. The normalized spacial score (nSPS) is 20.8. The van der Waals surface area contributed by atoms with Crippen LogP contribution in [-0.4, -0.2) is 47.6 Å². The molecule has 1 saturated heterocycles. The highest BCUT2D eigenvalue weighted by Crippen LogP contribution is 2.22. The molecule has 0 aliphatic carbocycles. The quantitative estimate of drug-likeness (QED) is 0.600. The summed E-state index contributed by atoms with van der Waals surface area (Å²) in [7, 11) is 0. The number of aliphatic imine (C=N–C) groups is 1. The largest absolute Gasteiger partial charge is 0.443 e. The molecule has 1 fully saturated rings. The number of guanidine groups is 1. The van der Waals surface area contributed by atoms with Crippen LogP contribution in [0.1, 0.15) is 72.5 Å². The number of nitrogens with one attached hydrogen (secondary N) is 2. The van der Waals surface area contributed by atoms with E-state index >= 15 is 0 Å². The van der Waals surface area contributed by atoms with E-state index in [1.54, 1.807) is 0 Å². The van der Waals surface area contributed by atoms with Crippen LogP contribution < -0.4 is 10.6 Å². The third kappa shape index (κ3) is 6.01. The van der Waals surface area contributed by atoms with Crippen LogP contribution in [0.25, 0.3) is 0 Å². The second kappa shape index (κ2) is 9.40. The molecule has 2 heterocycles. The first-order valence-corrected chi connectivity index (χ1v) is 10.0. The summed E-state index contributed by atoms with van der Waals surface area (Å²) in [6, 6.07) is 1.16. The molecule has 0 amide bonds. The van der Waals surface area contributed by atoms with Gasteiger partial charge in [-0.25, -0.2) is 9.98 Å². The molecule has 2 atom stereocenters. The fraction of sp³-hybridized carbons (Fsp3) is 0.800. The monoisotopic (exact) mass is 363 g/mol. The van der Waals surface area contributed by atoms with Gasteiger partial charge in [0, 0.05) is 30.6 Å². The van der Waals surface area contributed by atoms with E-state index < -0.39 is 0 Å². The Hall–Kier alpha value is -1.56. The van der Waals surface area contributed by atoms with E-state index in [0.29, 0.717) is 24.5 Å². The molecule has 0 bridgehead atoms. The third-order valence-electron chi connectivity index (χ3n) is 4.99. The van der Waals surface area contributed by atoms with E-state index in [0.717, 1.165) is 24.8 Å². The maximum atomic E-state index is 5.83. The number of rotatable bonds is 6. The Morgan fingerprint density at radius 2 is 2.15 bits per heavy atom. The summed E-state index contributed by atoms with van der Waals surface area (Å²) < 4.78 is 5.83. The molecule has 1 aromatic rings. The molecule has 1 aliphatic heterocycles. The number of likely N-dealkylation sites (tertiary alicyclic amines) is 1. The van der Waals surface area contributed by atoms with Gasteiger partial charge in [-0.3, -0.25) is 4.90 Å². The Morgan fingerprint density at radius 1 is 1.38 bits per heavy atom. The Bertz CT molecular complexity index is 575. The van der Waals surface area contributed by atoms with E-state index in [1.165, 1.54) is 25.8 Å². The van der Waals surface area contributed by atoms with Crippen molar-refractivity contribution >= 4 is 5.96 Å². The SMILES string of the molecule is CCNC(=NCc1ncc(C(C)(C)C)o1)NCC(C)N1CCCCC1C. The second-order valence-corrected chi connectivity index (χ2v) is 8.38. The van der Waals surface area contributed by atoms with Gasteiger partial charge >= 0.3 is 0 Å². The highest BCUT2D eigenvalue weighted by molar-refractivity contribution is 5.79. The van der Waals surface area contributed by atoms with Gasteiger partial charge in [-0.2, -0.15) is 0 Å². The van der Waals surface area contributed by atoms with Crippen LogP contribution in [0, 0.1) is 0 Å². The first kappa shape index (κ1) is 20.7. The lowest BCUT2D eigenvalue weighted by molar-refractivity contribution is 0.115. The summed E-state index contributed by atoms with van der Waals surface area (Å²) >= 11 is 0. The number of piperidine rings is 1. The predicted molar refractivity (Wildman–Crippen MR) is 108 cm³/mol. The van der Waals surface area contributed by atoms with Gasteiger partial charge in [0.1, 0.15) is 12.3 Å². The van der Waals surface area contributed by atoms with Crippen LogP contribution >= 0.6 is 0 Å². The molecule has 0 aromatic carbocycles. The molecule has 148 valence electrons. The molecule has 26 heavy (non-hydrogen) atoms. The van der Waals surface area contributed by atoms with E-state index in [2.05, 4.69) is 67.1 Å². The van der Waals surface area contributed by atoms with Crippen molar-refractivity contribution in [1.29, 1.82) is 0 Å². The van der Waals surface area contributed by atoms with E-state index in [1.807, 2.05) is 6.20 Å². The minimum Gasteiger partial charge on any atom is -0.443 e. The van der Waals surface area contributed by atoms with Gasteiger partial charge in [0.2, 0.25) is 5.89 Å². The molecule has 2 rings (SSSR count). The average molecular weight is 364 g/mol. The van der Waals surface area contributed by atoms with E-state index in [4.69, 9.17) is 4.42 Å². The molecule has 0 radical (unpaired) electrons. The van der Waals surface area contributed by atoms with Gasteiger partial charge in [0.25, 0.3) is 0 Å². The fourth-order valence-corrected chi connectivity index (χ4v) is 3.36. The summed E-state index contributed by atoms with van der Waals surface area (Å²) in [5, 5.41) is 6.78. The van der Waals surface area contributed by atoms with E-state index in [9.17, 15) is 0 Å². The highest BCUT2D eigenvalue weighted by atomic mass is 16.4. The van der Waals surface area contributed by atoms with Crippen molar-refractivity contribution in [2.24, 2.45) is 4.99 Å². The van der Waals surface area contributed by atoms with Crippen molar-refractivity contribution < 1.29 is 4.42 Å². The van der Waals surface area contributed by atoms with Gasteiger partial charge < -0.3 is 15.1 Å². The summed E-state index contributed by atoms with van der Waals surface area (Å²) in [5.74, 6) is 2.37. The van der Waals surface area contributed by atoms with Crippen molar-refractivity contribution in [3.63, 3.8) is 0 Å². The zero-order valence-electron chi connectivity index (χ0n) is 17.4. The van der Waals surface area contributed by atoms with Crippen LogP contribution in [0.5, 0.6) is 0 Å². The average Bonchev–Trinajstić information content (AvgIpc) is 3.07. The standard InChI is InChI=1S/C20H37N5O/c1-7-21-19(23-12-16(3)25-11-9-8-10-15(25)2)24-14-18-22-13-17(26-18)20(4,5)6/h13,15-16H,7-12,14H2,1-6H3,(H2,21,23,24). The smallest absolute Gasteiger partial charge is 0.216 e. The first-order chi connectivity index (χ1) is 12.3. The molecule has 2 N–H and O–H groups in total. The predicted octanol–water partition coefficient (Wildman–Crippen LogP) is 3.29. The van der Waals surface area contributed by atoms with Crippen molar-refractivity contribution in [2.45, 2.75) is 84.8 Å². The summed E-state index contributed by atoms with van der Waals surface area (Å²) in [5.41, 5.74) is -0.0295. The molecule has 0 spiro atoms. The number of aromatic nitrogens is 1. The second-order valence-electron chi connectivity index (χ2n) is 8.38. The van der Waals surface area contributed by atoms with Crippen LogP contribution in [0.4, 0.5) is 0 Å². The Kier molecular flexibility index (Phi) is 7.50. The molecular weight excluding hydrogens is 326 g/mol. The molecule has 6 heteroatoms. The van der Waals surface area contributed by atoms with E-state index in [-0.39, 0.29) is 5.41 Å². The van der Waals surface area contributed by atoms with Crippen molar-refractivity contribution in [3.05, 3.63) is 17.8 Å². The fourth-order valence-electron chi connectivity index (χ4n) is 3.36. The lowest BCUT2D eigenvalue weighted by Gasteiger charge is -2.38. The van der Waals surface area contributed by atoms with Gasteiger partial charge in [-0.15, -0.1) is 0 Å². The minimum atomic E-state index is -0.0295. The third-order valence-corrected chi connectivity index (χ3v) is 4.99. The summed E-state index contributed by atoms with van der Waals surface area (Å²) in [6.07, 6.45) is 5.78. The summed E-state index contributed by atoms with van der Waals surface area (Å²) in [6.45, 7) is 16.4. The summed E-state index contributed by atoms with van der Waals surface area (Å²) in [4.78, 5) is 11.6. The highest BCUT2D eigenvalue weighted by Gasteiger charge is 2.23. The van der Waals surface area contributed by atoms with Crippen LogP contribution in [0.15, 0.2) is 15.6 Å². The van der Waals surface area contributed by atoms with Gasteiger partial charge in [0.05, 0.1) is 6.20 Å². The number of hydrogen-bond acceptors (Lipinski definition) is 4. The van der Waals surface area contributed by atoms with Crippen LogP contribution in [-0.2, 0) is 12.0 Å². The maximum absolute atomic E-state index is 5.83. The van der Waals surface area contributed by atoms with Crippen LogP contribution in [0.3, 0.4) is 0 Å². The van der Waals surface area contributed by atoms with Gasteiger partial charge in [-0.05, 0) is 40.2 Å². The Balaban J connectivity index is 1.90. The van der Waals surface area contributed by atoms with Gasteiger partial charge in [-0.1, -0.05) is 27.2 Å². The Labute approximate surface area is 158 Å². The number of oxazole rings is 1. The maximum Gasteiger partial charge on any atom is 0.216 e. The lowest BCUT2D eigenvalue weighted by atomic mass is 9.94. The van der Waals surface area contributed by atoms with Gasteiger partial charge in [0.15, 0.2) is 5.96 Å².